The topological polar surface area (TPSA) is 92.3 Å². The molecule has 2 aliphatic carbocycles. The van der Waals surface area contributed by atoms with E-state index in [0.29, 0.717) is 18.6 Å². The van der Waals surface area contributed by atoms with E-state index in [4.69, 9.17) is 0 Å². The number of carbonyl (C=O) groups is 2. The van der Waals surface area contributed by atoms with E-state index in [1.165, 1.54) is 0 Å². The van der Waals surface area contributed by atoms with Gasteiger partial charge in [-0.25, -0.2) is 17.2 Å². The van der Waals surface area contributed by atoms with Gasteiger partial charge >= 0.3 is 18.0 Å². The largest absolute Gasteiger partial charge is 0.435 e. The fourth-order valence-electron chi connectivity index (χ4n) is 6.86. The molecule has 2 aromatic rings. The standard InChI is InChI=1S/C28H26F8N2O4S/c29-18-3-5-19(6-4-18)43(41,42)25-11-9-22(38-24(40)16-10-12-37-23(39)14-16)21(25)7-1-15-13-17(2-8-20(15)25)26(30,27(31,32)33)28(34,35)36/h2-6,8,13,16,21-22H,1,7,9-12,14H2,(H,37,39)(H,38,40)/t16?,21-,22+,25+/m0/s1. The van der Waals surface area contributed by atoms with E-state index in [1.807, 2.05) is 0 Å². The minimum Gasteiger partial charge on any atom is -0.356 e. The molecule has 43 heavy (non-hydrogen) atoms. The summed E-state index contributed by atoms with van der Waals surface area (Å²) in [6.45, 7) is 0.273. The van der Waals surface area contributed by atoms with Gasteiger partial charge in [-0.15, -0.1) is 0 Å². The van der Waals surface area contributed by atoms with Gasteiger partial charge in [0.25, 0.3) is 0 Å². The van der Waals surface area contributed by atoms with Crippen molar-refractivity contribution in [2.24, 2.45) is 11.8 Å². The van der Waals surface area contributed by atoms with Crippen LogP contribution in [-0.4, -0.2) is 45.2 Å². The van der Waals surface area contributed by atoms with E-state index in [1.54, 1.807) is 0 Å². The smallest absolute Gasteiger partial charge is 0.356 e. The highest BCUT2D eigenvalue weighted by Crippen LogP contribution is 2.59. The summed E-state index contributed by atoms with van der Waals surface area (Å²) in [6.07, 6.45) is -12.8. The van der Waals surface area contributed by atoms with Gasteiger partial charge in [-0.3, -0.25) is 9.59 Å². The molecule has 4 atom stereocenters. The van der Waals surface area contributed by atoms with E-state index < -0.39 is 67.8 Å². The molecule has 2 amide bonds. The Balaban J connectivity index is 1.62. The molecule has 3 aliphatic rings. The van der Waals surface area contributed by atoms with Gasteiger partial charge in [0, 0.05) is 36.4 Å². The third-order valence-electron chi connectivity index (χ3n) is 8.92. The predicted molar refractivity (Wildman–Crippen MR) is 135 cm³/mol. The SMILES string of the molecule is O=C1CC(C(=O)N[C@@H]2CC[C@@]3(S(=O)(=O)c4ccc(F)cc4)c4ccc(C(F)(C(F)(F)F)C(F)(F)F)cc4CC[C@@H]23)CCN1. The van der Waals surface area contributed by atoms with Crippen LogP contribution in [0, 0.1) is 17.7 Å². The number of halogens is 8. The van der Waals surface area contributed by atoms with Gasteiger partial charge < -0.3 is 10.6 Å². The van der Waals surface area contributed by atoms with Crippen LogP contribution in [0.1, 0.15) is 48.8 Å². The van der Waals surface area contributed by atoms with Crippen LogP contribution < -0.4 is 10.6 Å². The molecule has 6 nitrogen and oxygen atoms in total. The third-order valence-corrected chi connectivity index (χ3v) is 11.5. The fraction of sp³-hybridized carbons (Fsp3) is 0.500. The Labute approximate surface area is 241 Å². The third kappa shape index (κ3) is 4.87. The second-order valence-corrected chi connectivity index (χ2v) is 13.4. The molecule has 0 bridgehead atoms. The van der Waals surface area contributed by atoms with Gasteiger partial charge in [-0.05, 0) is 67.5 Å². The number of nitrogens with one attached hydrogen (secondary N) is 2. The normalized spacial score (nSPS) is 26.3. The zero-order valence-corrected chi connectivity index (χ0v) is 23.1. The van der Waals surface area contributed by atoms with Crippen LogP contribution in [0.2, 0.25) is 0 Å². The molecule has 234 valence electrons. The molecule has 1 saturated heterocycles. The van der Waals surface area contributed by atoms with E-state index in [0.717, 1.165) is 30.3 Å². The molecule has 0 radical (unpaired) electrons. The molecule has 15 heteroatoms. The lowest BCUT2D eigenvalue weighted by molar-refractivity contribution is -0.348. The lowest BCUT2D eigenvalue weighted by atomic mass is 9.73. The lowest BCUT2D eigenvalue weighted by Gasteiger charge is -2.43. The van der Waals surface area contributed by atoms with E-state index in [2.05, 4.69) is 10.6 Å². The number of alkyl halides is 7. The second-order valence-electron chi connectivity index (χ2n) is 11.2. The molecule has 1 saturated carbocycles. The number of carbonyl (C=O) groups excluding carboxylic acids is 2. The quantitative estimate of drug-likeness (QED) is 0.350. The maximum absolute atomic E-state index is 14.9. The summed E-state index contributed by atoms with van der Waals surface area (Å²) in [6, 6.07) is 4.55. The molecule has 0 spiro atoms. The zero-order chi connectivity index (χ0) is 31.6. The number of rotatable bonds is 5. The van der Waals surface area contributed by atoms with Crippen molar-refractivity contribution in [3.63, 3.8) is 0 Å². The first-order valence-corrected chi connectivity index (χ1v) is 15.0. The van der Waals surface area contributed by atoms with Crippen molar-refractivity contribution in [3.05, 3.63) is 65.0 Å². The highest BCUT2D eigenvalue weighted by atomic mass is 32.2. The summed E-state index contributed by atoms with van der Waals surface area (Å²) in [5, 5.41) is 5.44. The first kappa shape index (κ1) is 31.2. The molecular formula is C28H26F8N2O4S. The number of hydrogen-bond acceptors (Lipinski definition) is 4. The van der Waals surface area contributed by atoms with Crippen molar-refractivity contribution in [2.45, 2.75) is 72.2 Å². The van der Waals surface area contributed by atoms with E-state index in [-0.39, 0.29) is 60.6 Å². The van der Waals surface area contributed by atoms with Crippen LogP contribution in [0.25, 0.3) is 0 Å². The summed E-state index contributed by atoms with van der Waals surface area (Å²) in [4.78, 5) is 24.6. The lowest BCUT2D eigenvalue weighted by Crippen LogP contribution is -2.52. The van der Waals surface area contributed by atoms with Crippen LogP contribution in [0.5, 0.6) is 0 Å². The van der Waals surface area contributed by atoms with Crippen molar-refractivity contribution < 1.29 is 53.1 Å². The van der Waals surface area contributed by atoms with Crippen LogP contribution >= 0.6 is 0 Å². The number of amides is 2. The second kappa shape index (κ2) is 10.4. The Kier molecular flexibility index (Phi) is 7.58. The molecule has 1 aliphatic heterocycles. The number of sulfone groups is 1. The van der Waals surface area contributed by atoms with Gasteiger partial charge in [-0.2, -0.15) is 26.3 Å². The summed E-state index contributed by atoms with van der Waals surface area (Å²) in [5.41, 5.74) is -7.73. The Morgan fingerprint density at radius 2 is 1.58 bits per heavy atom. The Hall–Kier alpha value is -3.23. The van der Waals surface area contributed by atoms with Gasteiger partial charge in [0.05, 0.1) is 4.90 Å². The monoisotopic (exact) mass is 638 g/mol. The Morgan fingerprint density at radius 3 is 2.19 bits per heavy atom. The number of piperidine rings is 1. The Bertz CT molecular complexity index is 1530. The van der Waals surface area contributed by atoms with Gasteiger partial charge in [0.1, 0.15) is 10.6 Å². The van der Waals surface area contributed by atoms with Crippen LogP contribution in [-0.2, 0) is 36.3 Å². The Morgan fingerprint density at radius 1 is 0.930 bits per heavy atom. The first-order valence-electron chi connectivity index (χ1n) is 13.5. The fourth-order valence-corrected chi connectivity index (χ4v) is 9.33. The predicted octanol–water partition coefficient (Wildman–Crippen LogP) is 5.15. The first-order chi connectivity index (χ1) is 19.9. The van der Waals surface area contributed by atoms with E-state index in [9.17, 15) is 53.1 Å². The van der Waals surface area contributed by atoms with Crippen LogP contribution in [0.15, 0.2) is 47.4 Å². The highest BCUT2D eigenvalue weighted by molar-refractivity contribution is 7.92. The maximum atomic E-state index is 14.9. The number of hydrogen-bond donors (Lipinski definition) is 2. The molecular weight excluding hydrogens is 612 g/mol. The van der Waals surface area contributed by atoms with Crippen LogP contribution in [0.4, 0.5) is 35.1 Å². The van der Waals surface area contributed by atoms with Gasteiger partial charge in [0.2, 0.25) is 11.8 Å². The average Bonchev–Trinajstić information content (AvgIpc) is 3.31. The van der Waals surface area contributed by atoms with Crippen LogP contribution in [0.3, 0.4) is 0 Å². The van der Waals surface area contributed by atoms with E-state index >= 15 is 0 Å². The molecule has 2 N–H and O–H groups in total. The summed E-state index contributed by atoms with van der Waals surface area (Å²) < 4.78 is 136. The summed E-state index contributed by atoms with van der Waals surface area (Å²) >= 11 is 0. The maximum Gasteiger partial charge on any atom is 0.435 e. The molecule has 2 fully saturated rings. The van der Waals surface area contributed by atoms with Gasteiger partial charge in [-0.1, -0.05) is 18.2 Å². The molecule has 2 aromatic carbocycles. The number of benzene rings is 2. The van der Waals surface area contributed by atoms with Crippen molar-refractivity contribution in [3.8, 4) is 0 Å². The number of aryl methyl sites for hydroxylation is 1. The van der Waals surface area contributed by atoms with Crippen molar-refractivity contribution >= 4 is 21.7 Å². The summed E-state index contributed by atoms with van der Waals surface area (Å²) in [7, 11) is -4.52. The molecule has 1 heterocycles. The van der Waals surface area contributed by atoms with Crippen molar-refractivity contribution in [2.75, 3.05) is 6.54 Å². The average molecular weight is 639 g/mol. The van der Waals surface area contributed by atoms with Crippen molar-refractivity contribution in [1.29, 1.82) is 0 Å². The number of fused-ring (bicyclic) bond motifs is 3. The molecule has 5 rings (SSSR count). The minimum absolute atomic E-state index is 0.0722. The summed E-state index contributed by atoms with van der Waals surface area (Å²) in [5.74, 6) is -3.10. The highest BCUT2D eigenvalue weighted by Gasteiger charge is 2.73. The molecule has 0 aromatic heterocycles. The molecule has 1 unspecified atom stereocenters. The van der Waals surface area contributed by atoms with Gasteiger partial charge in [0.15, 0.2) is 9.84 Å². The zero-order valence-electron chi connectivity index (χ0n) is 22.3. The van der Waals surface area contributed by atoms with Crippen molar-refractivity contribution in [1.82, 2.24) is 10.6 Å². The minimum atomic E-state index is -6.35.